The molecule has 0 aliphatic carbocycles. The van der Waals surface area contributed by atoms with Gasteiger partial charge in [-0.25, -0.2) is 0 Å². The predicted molar refractivity (Wildman–Crippen MR) is 40.7 cm³/mol. The van der Waals surface area contributed by atoms with Crippen LogP contribution in [0.5, 0.6) is 0 Å². The molecule has 1 fully saturated rings. The van der Waals surface area contributed by atoms with Crippen molar-refractivity contribution in [1.82, 2.24) is 4.90 Å². The fraction of sp³-hybridized carbons (Fsp3) is 0.875. The molecular weight excluding hydrogens is 126 g/mol. The van der Waals surface area contributed by atoms with E-state index >= 15 is 0 Å². The van der Waals surface area contributed by atoms with E-state index in [4.69, 9.17) is 0 Å². The molecule has 1 heterocycles. The number of carbonyl (C=O) groups is 1. The summed E-state index contributed by atoms with van der Waals surface area (Å²) in [7, 11) is 0. The highest BCUT2D eigenvalue weighted by atomic mass is 16.1. The van der Waals surface area contributed by atoms with Gasteiger partial charge in [-0.2, -0.15) is 0 Å². The predicted octanol–water partition coefficient (Wildman–Crippen LogP) is 1.41. The zero-order valence-electron chi connectivity index (χ0n) is 6.71. The van der Waals surface area contributed by atoms with Gasteiger partial charge >= 0.3 is 0 Å². The highest BCUT2D eigenvalue weighted by Crippen LogP contribution is 2.19. The fourth-order valence-corrected chi connectivity index (χ4v) is 1.65. The van der Waals surface area contributed by atoms with Crippen molar-refractivity contribution < 1.29 is 4.79 Å². The molecule has 0 aromatic heterocycles. The molecule has 2 atom stereocenters. The molecule has 0 bridgehead atoms. The lowest BCUT2D eigenvalue weighted by molar-refractivity contribution is -0.123. The largest absolute Gasteiger partial charge is 0.340 e. The Morgan fingerprint density at radius 1 is 1.30 bits per heavy atom. The molecule has 0 spiro atoms. The fourth-order valence-electron chi connectivity index (χ4n) is 1.65. The summed E-state index contributed by atoms with van der Waals surface area (Å²) in [5, 5.41) is 0. The van der Waals surface area contributed by atoms with Crippen LogP contribution in [0.4, 0.5) is 0 Å². The van der Waals surface area contributed by atoms with E-state index in [2.05, 4.69) is 13.8 Å². The topological polar surface area (TPSA) is 20.3 Å². The van der Waals surface area contributed by atoms with Crippen molar-refractivity contribution in [3.63, 3.8) is 0 Å². The second-order valence-corrected chi connectivity index (χ2v) is 3.18. The molecule has 2 unspecified atom stereocenters. The Balaban J connectivity index is 2.53. The maximum absolute atomic E-state index is 10.5. The quantitative estimate of drug-likeness (QED) is 0.505. The Bertz CT molecular complexity index is 114. The summed E-state index contributed by atoms with van der Waals surface area (Å²) in [6.07, 6.45) is 4.59. The standard InChI is InChI=1S/C8H15NO/c1-7-4-3-5-8(2)9(7)6-10/h6-8H,3-5H2,1-2H3. The highest BCUT2D eigenvalue weighted by Gasteiger charge is 2.22. The van der Waals surface area contributed by atoms with Crippen LogP contribution >= 0.6 is 0 Å². The van der Waals surface area contributed by atoms with Crippen LogP contribution in [0.3, 0.4) is 0 Å². The summed E-state index contributed by atoms with van der Waals surface area (Å²) in [6.45, 7) is 4.23. The summed E-state index contributed by atoms with van der Waals surface area (Å²) in [6, 6.07) is 0.919. The number of rotatable bonds is 1. The second-order valence-electron chi connectivity index (χ2n) is 3.18. The van der Waals surface area contributed by atoms with Gasteiger partial charge in [0.2, 0.25) is 6.41 Å². The Kier molecular flexibility index (Phi) is 2.30. The Labute approximate surface area is 62.2 Å². The van der Waals surface area contributed by atoms with Crippen LogP contribution in [0.2, 0.25) is 0 Å². The van der Waals surface area contributed by atoms with E-state index in [9.17, 15) is 4.79 Å². The summed E-state index contributed by atoms with van der Waals surface area (Å²) in [5.41, 5.74) is 0. The number of amides is 1. The number of carbonyl (C=O) groups excluding carboxylic acids is 1. The van der Waals surface area contributed by atoms with Crippen molar-refractivity contribution in [1.29, 1.82) is 0 Å². The van der Waals surface area contributed by atoms with Crippen LogP contribution in [0.15, 0.2) is 0 Å². The second kappa shape index (κ2) is 3.04. The minimum Gasteiger partial charge on any atom is -0.340 e. The van der Waals surface area contributed by atoms with Gasteiger partial charge in [-0.3, -0.25) is 4.79 Å². The van der Waals surface area contributed by atoms with Crippen LogP contribution in [0, 0.1) is 0 Å². The number of hydrogen-bond acceptors (Lipinski definition) is 1. The molecule has 1 aliphatic rings. The van der Waals surface area contributed by atoms with Crippen LogP contribution in [0.1, 0.15) is 33.1 Å². The normalized spacial score (nSPS) is 34.0. The Hall–Kier alpha value is -0.530. The molecular formula is C8H15NO. The molecule has 1 amide bonds. The van der Waals surface area contributed by atoms with Crippen LogP contribution in [-0.2, 0) is 4.79 Å². The van der Waals surface area contributed by atoms with Gasteiger partial charge in [0.05, 0.1) is 0 Å². The molecule has 0 radical (unpaired) electrons. The molecule has 0 aromatic rings. The highest BCUT2D eigenvalue weighted by molar-refractivity contribution is 5.48. The van der Waals surface area contributed by atoms with E-state index in [1.165, 1.54) is 19.3 Å². The van der Waals surface area contributed by atoms with Gasteiger partial charge in [-0.1, -0.05) is 0 Å². The van der Waals surface area contributed by atoms with Gasteiger partial charge in [0.1, 0.15) is 0 Å². The molecule has 2 heteroatoms. The average Bonchev–Trinajstić information content (AvgIpc) is 1.88. The van der Waals surface area contributed by atoms with Gasteiger partial charge in [0.25, 0.3) is 0 Å². The first kappa shape index (κ1) is 7.58. The third-order valence-corrected chi connectivity index (χ3v) is 2.38. The number of nitrogens with zero attached hydrogens (tertiary/aromatic N) is 1. The van der Waals surface area contributed by atoms with Gasteiger partial charge in [0.15, 0.2) is 0 Å². The Morgan fingerprint density at radius 3 is 2.10 bits per heavy atom. The summed E-state index contributed by atoms with van der Waals surface area (Å²) in [5.74, 6) is 0. The summed E-state index contributed by atoms with van der Waals surface area (Å²) in [4.78, 5) is 12.4. The van der Waals surface area contributed by atoms with Crippen molar-refractivity contribution in [2.45, 2.75) is 45.2 Å². The lowest BCUT2D eigenvalue weighted by atomic mass is 9.99. The van der Waals surface area contributed by atoms with E-state index < -0.39 is 0 Å². The molecule has 2 nitrogen and oxygen atoms in total. The molecule has 0 aromatic carbocycles. The van der Waals surface area contributed by atoms with E-state index in [-0.39, 0.29) is 0 Å². The van der Waals surface area contributed by atoms with Crippen LogP contribution in [-0.4, -0.2) is 23.4 Å². The monoisotopic (exact) mass is 141 g/mol. The van der Waals surface area contributed by atoms with Crippen LogP contribution < -0.4 is 0 Å². The Morgan fingerprint density at radius 2 is 1.80 bits per heavy atom. The third-order valence-electron chi connectivity index (χ3n) is 2.38. The zero-order valence-corrected chi connectivity index (χ0v) is 6.71. The van der Waals surface area contributed by atoms with E-state index in [1.54, 1.807) is 0 Å². The summed E-state index contributed by atoms with van der Waals surface area (Å²) < 4.78 is 0. The zero-order chi connectivity index (χ0) is 7.56. The molecule has 10 heavy (non-hydrogen) atoms. The van der Waals surface area contributed by atoms with Crippen molar-refractivity contribution in [2.75, 3.05) is 0 Å². The van der Waals surface area contributed by atoms with Crippen molar-refractivity contribution in [2.24, 2.45) is 0 Å². The van der Waals surface area contributed by atoms with Gasteiger partial charge in [-0.05, 0) is 33.1 Å². The van der Waals surface area contributed by atoms with Gasteiger partial charge in [-0.15, -0.1) is 0 Å². The van der Waals surface area contributed by atoms with E-state index in [0.717, 1.165) is 6.41 Å². The maximum atomic E-state index is 10.5. The van der Waals surface area contributed by atoms with Crippen molar-refractivity contribution in [3.05, 3.63) is 0 Å². The number of piperidine rings is 1. The van der Waals surface area contributed by atoms with E-state index in [1.807, 2.05) is 4.90 Å². The first-order valence-electron chi connectivity index (χ1n) is 3.98. The molecule has 1 aliphatic heterocycles. The first-order chi connectivity index (χ1) is 4.75. The molecule has 1 saturated heterocycles. The number of hydrogen-bond donors (Lipinski definition) is 0. The summed E-state index contributed by atoms with van der Waals surface area (Å²) >= 11 is 0. The first-order valence-corrected chi connectivity index (χ1v) is 3.98. The molecule has 1 rings (SSSR count). The minimum atomic E-state index is 0.459. The van der Waals surface area contributed by atoms with Gasteiger partial charge < -0.3 is 4.90 Å². The molecule has 0 saturated carbocycles. The lowest BCUT2D eigenvalue weighted by Gasteiger charge is -2.35. The van der Waals surface area contributed by atoms with Gasteiger partial charge in [0, 0.05) is 12.1 Å². The van der Waals surface area contributed by atoms with Crippen LogP contribution in [0.25, 0.3) is 0 Å². The smallest absolute Gasteiger partial charge is 0.210 e. The SMILES string of the molecule is CC1CCCC(C)N1C=O. The average molecular weight is 141 g/mol. The third kappa shape index (κ3) is 1.31. The van der Waals surface area contributed by atoms with Crippen molar-refractivity contribution >= 4 is 6.41 Å². The lowest BCUT2D eigenvalue weighted by Crippen LogP contribution is -2.42. The molecule has 0 N–H and O–H groups in total. The van der Waals surface area contributed by atoms with E-state index in [0.29, 0.717) is 12.1 Å². The van der Waals surface area contributed by atoms with Crippen molar-refractivity contribution in [3.8, 4) is 0 Å². The minimum absolute atomic E-state index is 0.459. The number of likely N-dealkylation sites (tertiary alicyclic amines) is 1. The maximum Gasteiger partial charge on any atom is 0.210 e. The molecule has 58 valence electrons.